The predicted molar refractivity (Wildman–Crippen MR) is 129 cm³/mol. The van der Waals surface area contributed by atoms with Gasteiger partial charge in [0.05, 0.1) is 23.3 Å². The average molecular weight is 462 g/mol. The Morgan fingerprint density at radius 1 is 1.06 bits per heavy atom. The molecule has 4 heterocycles. The highest BCUT2D eigenvalue weighted by atomic mass is 35.5. The zero-order valence-electron chi connectivity index (χ0n) is 18.2. The highest BCUT2D eigenvalue weighted by molar-refractivity contribution is 6.31. The van der Waals surface area contributed by atoms with Gasteiger partial charge in [-0.25, -0.2) is 9.97 Å². The first-order chi connectivity index (χ1) is 16.1. The van der Waals surface area contributed by atoms with Crippen molar-refractivity contribution >= 4 is 34.1 Å². The third-order valence-electron chi connectivity index (χ3n) is 6.63. The maximum atomic E-state index is 10.0. The molecule has 2 N–H and O–H groups in total. The van der Waals surface area contributed by atoms with E-state index in [1.54, 1.807) is 18.7 Å². The van der Waals surface area contributed by atoms with Gasteiger partial charge in [0, 0.05) is 29.0 Å². The molecule has 3 aromatic heterocycles. The van der Waals surface area contributed by atoms with Crippen LogP contribution < -0.4 is 10.2 Å². The number of aromatic nitrogens is 5. The second-order valence-corrected chi connectivity index (χ2v) is 9.18. The van der Waals surface area contributed by atoms with Gasteiger partial charge in [0.25, 0.3) is 0 Å². The molecular weight excluding hydrogens is 438 g/mol. The number of imidazole rings is 1. The molecule has 1 aromatic carbocycles. The Labute approximate surface area is 196 Å². The molecule has 1 fully saturated rings. The van der Waals surface area contributed by atoms with Crippen molar-refractivity contribution in [2.24, 2.45) is 0 Å². The fourth-order valence-electron chi connectivity index (χ4n) is 5.01. The van der Waals surface area contributed by atoms with E-state index in [-0.39, 0.29) is 12.3 Å². The van der Waals surface area contributed by atoms with E-state index >= 15 is 0 Å². The lowest BCUT2D eigenvalue weighted by molar-refractivity contribution is 0.121. The Kier molecular flexibility index (Phi) is 4.92. The molecule has 168 valence electrons. The van der Waals surface area contributed by atoms with E-state index in [0.29, 0.717) is 17.0 Å². The molecule has 0 radical (unpaired) electrons. The molecule has 1 saturated carbocycles. The fourth-order valence-corrected chi connectivity index (χ4v) is 5.18. The zero-order chi connectivity index (χ0) is 22.5. The molecule has 4 aromatic rings. The topological polar surface area (TPSA) is 92.0 Å². The smallest absolute Gasteiger partial charge is 0.238 e. The summed E-state index contributed by atoms with van der Waals surface area (Å²) in [4.78, 5) is 21.1. The van der Waals surface area contributed by atoms with Gasteiger partial charge in [-0.2, -0.15) is 4.98 Å². The van der Waals surface area contributed by atoms with E-state index in [2.05, 4.69) is 27.1 Å². The van der Waals surface area contributed by atoms with E-state index in [1.165, 1.54) is 0 Å². The Balaban J connectivity index is 1.54. The summed E-state index contributed by atoms with van der Waals surface area (Å²) < 4.78 is 1.89. The molecule has 8 nitrogen and oxygen atoms in total. The molecule has 1 unspecified atom stereocenters. The van der Waals surface area contributed by atoms with Crippen molar-refractivity contribution in [3.05, 3.63) is 54.1 Å². The Bertz CT molecular complexity index is 1320. The van der Waals surface area contributed by atoms with Crippen molar-refractivity contribution in [3.8, 4) is 17.2 Å². The number of hydrogen-bond acceptors (Lipinski definition) is 7. The minimum absolute atomic E-state index is 0.0688. The third-order valence-corrected chi connectivity index (χ3v) is 6.87. The second kappa shape index (κ2) is 7.97. The molecule has 0 saturated heterocycles. The van der Waals surface area contributed by atoms with Crippen molar-refractivity contribution in [3.63, 3.8) is 0 Å². The van der Waals surface area contributed by atoms with Crippen LogP contribution in [-0.4, -0.2) is 47.9 Å². The van der Waals surface area contributed by atoms with E-state index in [9.17, 15) is 5.11 Å². The molecule has 33 heavy (non-hydrogen) atoms. The molecule has 2 aliphatic rings. The Morgan fingerprint density at radius 2 is 1.85 bits per heavy atom. The first kappa shape index (κ1) is 20.4. The van der Waals surface area contributed by atoms with E-state index in [0.717, 1.165) is 59.5 Å². The first-order valence-electron chi connectivity index (χ1n) is 11.3. The number of hydrogen-bond donors (Lipinski definition) is 2. The minimum atomic E-state index is -0.206. The molecule has 0 spiro atoms. The number of aliphatic hydroxyl groups excluding tert-OH is 1. The highest BCUT2D eigenvalue weighted by Crippen LogP contribution is 2.43. The standard InChI is InChI=1S/C24H24ClN7O/c1-14-28-22-21(15-8-10-26-11-9-15)29-24(31-13-27-19-7-2-16(25)12-20(19)31)30-23(22)32(14)17-3-5-18(33)6-4-17/h2,7-14,17-18,28,33H,3-6H2,1H3. The largest absolute Gasteiger partial charge is 0.393 e. The number of aliphatic hydroxyl groups is 1. The average Bonchev–Trinajstić information content (AvgIpc) is 3.39. The van der Waals surface area contributed by atoms with Gasteiger partial charge in [-0.1, -0.05) is 11.6 Å². The monoisotopic (exact) mass is 461 g/mol. The van der Waals surface area contributed by atoms with Gasteiger partial charge < -0.3 is 15.3 Å². The summed E-state index contributed by atoms with van der Waals surface area (Å²) in [5.74, 6) is 1.42. The van der Waals surface area contributed by atoms with Crippen LogP contribution >= 0.6 is 11.6 Å². The number of nitrogens with one attached hydrogen (secondary N) is 1. The van der Waals surface area contributed by atoms with Gasteiger partial charge in [-0.05, 0) is 62.9 Å². The molecular formula is C24H24ClN7O. The fraction of sp³-hybridized carbons (Fsp3) is 0.333. The second-order valence-electron chi connectivity index (χ2n) is 8.74. The summed E-state index contributed by atoms with van der Waals surface area (Å²) in [5, 5.41) is 14.3. The van der Waals surface area contributed by atoms with Gasteiger partial charge in [-0.3, -0.25) is 9.55 Å². The Hall–Kier alpha value is -3.23. The summed E-state index contributed by atoms with van der Waals surface area (Å²) in [6.07, 6.45) is 8.63. The number of pyridine rings is 1. The lowest BCUT2D eigenvalue weighted by atomic mass is 9.92. The number of rotatable bonds is 3. The van der Waals surface area contributed by atoms with Gasteiger partial charge in [0.2, 0.25) is 5.95 Å². The Morgan fingerprint density at radius 3 is 2.64 bits per heavy atom. The molecule has 1 atom stereocenters. The van der Waals surface area contributed by atoms with Crippen molar-refractivity contribution in [1.29, 1.82) is 0 Å². The van der Waals surface area contributed by atoms with Crippen LogP contribution in [0.1, 0.15) is 32.6 Å². The zero-order valence-corrected chi connectivity index (χ0v) is 18.9. The van der Waals surface area contributed by atoms with Crippen LogP contribution in [0.3, 0.4) is 0 Å². The van der Waals surface area contributed by atoms with Crippen LogP contribution in [0.5, 0.6) is 0 Å². The van der Waals surface area contributed by atoms with Crippen molar-refractivity contribution in [2.75, 3.05) is 10.2 Å². The summed E-state index contributed by atoms with van der Waals surface area (Å²) in [6, 6.07) is 9.84. The van der Waals surface area contributed by atoms with Crippen molar-refractivity contribution in [1.82, 2.24) is 24.5 Å². The highest BCUT2D eigenvalue weighted by Gasteiger charge is 2.37. The molecule has 6 rings (SSSR count). The van der Waals surface area contributed by atoms with E-state index in [4.69, 9.17) is 21.6 Å². The molecule has 1 aliphatic heterocycles. The normalized spacial score (nSPS) is 22.4. The summed E-state index contributed by atoms with van der Waals surface area (Å²) >= 11 is 6.28. The van der Waals surface area contributed by atoms with Crippen LogP contribution in [-0.2, 0) is 0 Å². The number of nitrogens with zero attached hydrogens (tertiary/aromatic N) is 6. The molecule has 0 bridgehead atoms. The number of halogens is 1. The van der Waals surface area contributed by atoms with Crippen LogP contribution in [0.25, 0.3) is 28.2 Å². The number of benzene rings is 1. The molecule has 1 aliphatic carbocycles. The number of anilines is 2. The van der Waals surface area contributed by atoms with Crippen molar-refractivity contribution < 1.29 is 5.11 Å². The third kappa shape index (κ3) is 3.50. The van der Waals surface area contributed by atoms with E-state index in [1.807, 2.05) is 34.9 Å². The van der Waals surface area contributed by atoms with Crippen LogP contribution in [0.2, 0.25) is 5.02 Å². The SMILES string of the molecule is CC1Nc2c(-c3ccncc3)nc(-n3cnc4ccc(Cl)cc43)nc2N1C1CCC(O)CC1. The van der Waals surface area contributed by atoms with Gasteiger partial charge in [-0.15, -0.1) is 0 Å². The summed E-state index contributed by atoms with van der Waals surface area (Å²) in [6.45, 7) is 2.15. The summed E-state index contributed by atoms with van der Waals surface area (Å²) in [5.41, 5.74) is 4.40. The number of fused-ring (bicyclic) bond motifs is 2. The van der Waals surface area contributed by atoms with Crippen LogP contribution in [0, 0.1) is 0 Å². The lowest BCUT2D eigenvalue weighted by Crippen LogP contribution is -2.44. The van der Waals surface area contributed by atoms with Crippen molar-refractivity contribution in [2.45, 2.75) is 50.9 Å². The maximum absolute atomic E-state index is 10.0. The quantitative estimate of drug-likeness (QED) is 0.466. The first-order valence-corrected chi connectivity index (χ1v) is 11.6. The van der Waals surface area contributed by atoms with Crippen LogP contribution in [0.4, 0.5) is 11.5 Å². The van der Waals surface area contributed by atoms with E-state index < -0.39 is 0 Å². The predicted octanol–water partition coefficient (Wildman–Crippen LogP) is 4.41. The van der Waals surface area contributed by atoms with Gasteiger partial charge in [0.1, 0.15) is 17.7 Å². The van der Waals surface area contributed by atoms with Gasteiger partial charge in [0.15, 0.2) is 5.82 Å². The lowest BCUT2D eigenvalue weighted by Gasteiger charge is -2.36. The molecule has 9 heteroatoms. The summed E-state index contributed by atoms with van der Waals surface area (Å²) in [7, 11) is 0. The van der Waals surface area contributed by atoms with Crippen LogP contribution in [0.15, 0.2) is 49.1 Å². The maximum Gasteiger partial charge on any atom is 0.238 e. The minimum Gasteiger partial charge on any atom is -0.393 e. The van der Waals surface area contributed by atoms with Gasteiger partial charge >= 0.3 is 0 Å². The molecule has 0 amide bonds.